The van der Waals surface area contributed by atoms with E-state index in [1.807, 2.05) is 239 Å². The lowest BCUT2D eigenvalue weighted by atomic mass is 9.92. The largest absolute Gasteiger partial charge is 0.494 e. The number of amides is 4. The highest BCUT2D eigenvalue weighted by atomic mass is 32.2. The minimum absolute atomic E-state index is 0.266. The lowest BCUT2D eigenvalue weighted by molar-refractivity contribution is 0.0967. The Labute approximate surface area is 720 Å². The van der Waals surface area contributed by atoms with Crippen molar-refractivity contribution in [3.63, 3.8) is 0 Å². The van der Waals surface area contributed by atoms with Gasteiger partial charge in [-0.3, -0.25) is 19.2 Å². The van der Waals surface area contributed by atoms with Gasteiger partial charge in [0.15, 0.2) is 0 Å². The first-order valence-corrected chi connectivity index (χ1v) is 48.1. The van der Waals surface area contributed by atoms with Gasteiger partial charge >= 0.3 is 0 Å². The Morgan fingerprint density at radius 3 is 0.976 bits per heavy atom. The number of carbonyl (C=O) groups excluding carboxylic acids is 4. The molecule has 0 bridgehead atoms. The highest BCUT2D eigenvalue weighted by molar-refractivity contribution is 7.90. The van der Waals surface area contributed by atoms with Crippen molar-refractivity contribution < 1.29 is 71.8 Å². The number of H-pyrrole nitrogens is 4. The molecule has 15 aromatic rings. The Hall–Kier alpha value is -13.3. The highest BCUT2D eigenvalue weighted by Crippen LogP contribution is 2.33. The van der Waals surface area contributed by atoms with Crippen LogP contribution in [0.1, 0.15) is 114 Å². The maximum atomic E-state index is 12.5. The van der Waals surface area contributed by atoms with Crippen LogP contribution in [0, 0.1) is 0 Å². The molecule has 640 valence electrons. The zero-order chi connectivity index (χ0) is 87.4. The van der Waals surface area contributed by atoms with Crippen LogP contribution in [0.25, 0.3) is 76.6 Å². The Balaban J connectivity index is 0.000000142. The van der Waals surface area contributed by atoms with Crippen LogP contribution in [0.4, 0.5) is 0 Å². The first-order valence-electron chi connectivity index (χ1n) is 40.5. The predicted octanol–water partition coefficient (Wildman–Crippen LogP) is 16.8. The van der Waals surface area contributed by atoms with E-state index in [0.717, 1.165) is 160 Å². The van der Waals surface area contributed by atoms with Crippen molar-refractivity contribution in [3.05, 3.63) is 323 Å². The van der Waals surface area contributed by atoms with Crippen molar-refractivity contribution in [3.8, 4) is 45.3 Å². The summed E-state index contributed by atoms with van der Waals surface area (Å²) >= 11 is 0. The third-order valence-corrected chi connectivity index (χ3v) is 22.8. The van der Waals surface area contributed by atoms with Gasteiger partial charge < -0.3 is 38.9 Å². The second-order valence-electron chi connectivity index (χ2n) is 30.1. The molecular formula is C96H96N8O16S4. The van der Waals surface area contributed by atoms with Gasteiger partial charge in [-0.25, -0.2) is 52.6 Å². The number of aromatic nitrogens is 4. The van der Waals surface area contributed by atoms with E-state index in [1.54, 1.807) is 0 Å². The molecule has 124 heavy (non-hydrogen) atoms. The van der Waals surface area contributed by atoms with Crippen LogP contribution in [0.15, 0.2) is 267 Å². The summed E-state index contributed by atoms with van der Waals surface area (Å²) in [5.74, 6) is 0.621. The van der Waals surface area contributed by atoms with Gasteiger partial charge in [-0.1, -0.05) is 194 Å². The van der Waals surface area contributed by atoms with Crippen molar-refractivity contribution in [1.82, 2.24) is 38.8 Å². The summed E-state index contributed by atoms with van der Waals surface area (Å²) in [7, 11) is -14.6. The normalized spacial score (nSPS) is 12.0. The third kappa shape index (κ3) is 24.5. The number of aromatic amines is 4. The van der Waals surface area contributed by atoms with Crippen molar-refractivity contribution in [1.29, 1.82) is 0 Å². The third-order valence-electron chi connectivity index (χ3n) is 20.6. The number of carbonyl (C=O) groups is 4. The maximum Gasteiger partial charge on any atom is 0.281 e. The summed E-state index contributed by atoms with van der Waals surface area (Å²) in [6, 6.07) is 86.7. The molecule has 4 aromatic heterocycles. The van der Waals surface area contributed by atoms with Crippen LogP contribution in [0.3, 0.4) is 0 Å². The van der Waals surface area contributed by atoms with Gasteiger partial charge in [-0.05, 0) is 216 Å². The van der Waals surface area contributed by atoms with Gasteiger partial charge in [0.05, 0.1) is 51.5 Å². The maximum absolute atomic E-state index is 12.5. The number of rotatable bonds is 30. The topological polar surface area (TPSA) is 353 Å². The minimum Gasteiger partial charge on any atom is -0.494 e. The van der Waals surface area contributed by atoms with E-state index >= 15 is 0 Å². The van der Waals surface area contributed by atoms with Gasteiger partial charge in [0.2, 0.25) is 40.1 Å². The molecular weight excluding hydrogens is 1650 g/mol. The molecule has 4 amide bonds. The standard InChI is InChI=1S/2C25H24N2O4S.C23H26N2O4S.C23H22N2O4S/c1-32(29,30)27-25(28)24-22(21-13-5-6-15-23(21)26-24)14-8-16-31-20-12-7-11-19(17-20)18-9-3-2-4-10-18;1-32(29,30)27-25(28)24-22(21-10-5-6-12-23(21)26-24)11-7-17-31-20-15-13-19(14-16-20)18-8-3-2-4-9-18;2*1-30(27,28)25-23(26)22-20(19-9-4-5-11-21(19)24-22)10-6-14-29-18-13-12-16-7-2-3-8-17(16)15-18/h2-7,9-13,15,17,26H,8,14,16H2,1H3,(H,27,28);2-6,8-10,12-16,26H,7,11,17H2,1H3,(H,27,28);4-5,9,11-13,15,24H,2-3,6-8,10,14H2,1H3,(H,25,26);2-5,7-9,11-13,15,24H,6,10,14H2,1H3,(H,25,26). The number of ether oxygens (including phenoxy) is 4. The summed E-state index contributed by atoms with van der Waals surface area (Å²) in [6.07, 6.45) is 13.6. The molecule has 1 aliphatic carbocycles. The Morgan fingerprint density at radius 2 is 0.581 bits per heavy atom. The van der Waals surface area contributed by atoms with Crippen molar-refractivity contribution in [2.75, 3.05) is 51.5 Å². The van der Waals surface area contributed by atoms with E-state index in [1.165, 1.54) is 24.0 Å². The van der Waals surface area contributed by atoms with Gasteiger partial charge in [-0.2, -0.15) is 0 Å². The van der Waals surface area contributed by atoms with E-state index in [-0.39, 0.29) is 22.8 Å². The number of hydrogen-bond donors (Lipinski definition) is 8. The molecule has 1 aliphatic rings. The molecule has 16 rings (SSSR count). The molecule has 0 aliphatic heterocycles. The second kappa shape index (κ2) is 40.6. The number of para-hydroxylation sites is 4. The molecule has 24 nitrogen and oxygen atoms in total. The van der Waals surface area contributed by atoms with Crippen LogP contribution < -0.4 is 37.8 Å². The van der Waals surface area contributed by atoms with E-state index in [9.17, 15) is 52.8 Å². The molecule has 4 heterocycles. The Morgan fingerprint density at radius 1 is 0.282 bits per heavy atom. The van der Waals surface area contributed by atoms with E-state index < -0.39 is 63.7 Å². The fourth-order valence-electron chi connectivity index (χ4n) is 15.1. The quantitative estimate of drug-likeness (QED) is 0.0194. The predicted molar refractivity (Wildman–Crippen MR) is 488 cm³/mol. The molecule has 11 aromatic carbocycles. The van der Waals surface area contributed by atoms with Crippen molar-refractivity contribution >= 4 is 118 Å². The molecule has 0 saturated heterocycles. The van der Waals surface area contributed by atoms with Gasteiger partial charge in [0, 0.05) is 43.6 Å². The monoisotopic (exact) mass is 1740 g/mol. The molecule has 28 heteroatoms. The van der Waals surface area contributed by atoms with Gasteiger partial charge in [0.25, 0.3) is 23.6 Å². The molecule has 8 N–H and O–H groups in total. The molecule has 0 radical (unpaired) electrons. The van der Waals surface area contributed by atoms with Crippen LogP contribution in [-0.2, 0) is 78.6 Å². The van der Waals surface area contributed by atoms with E-state index in [4.69, 9.17) is 18.9 Å². The second-order valence-corrected chi connectivity index (χ2v) is 37.1. The summed E-state index contributed by atoms with van der Waals surface area (Å²) < 4.78 is 124. The highest BCUT2D eigenvalue weighted by Gasteiger charge is 2.25. The summed E-state index contributed by atoms with van der Waals surface area (Å²) in [5.41, 5.74) is 14.7. The number of nitrogens with one attached hydrogen (secondary N) is 8. The van der Waals surface area contributed by atoms with Crippen molar-refractivity contribution in [2.24, 2.45) is 0 Å². The SMILES string of the molecule is CS(=O)(=O)NC(=O)c1[nH]c2ccccc2c1CCCOc1ccc(-c2ccccc2)cc1.CS(=O)(=O)NC(=O)c1[nH]c2ccccc2c1CCCOc1ccc2c(c1)CCCC2.CS(=O)(=O)NC(=O)c1[nH]c2ccccc2c1CCCOc1ccc2ccccc2c1.CS(=O)(=O)NC(=O)c1[nH]c2ccccc2c1CCCOc1cccc(-c2ccccc2)c1. The summed E-state index contributed by atoms with van der Waals surface area (Å²) in [4.78, 5) is 62.2. The number of fused-ring (bicyclic) bond motifs is 6. The zero-order valence-electron chi connectivity index (χ0n) is 68.9. The van der Waals surface area contributed by atoms with Crippen LogP contribution in [0.2, 0.25) is 0 Å². The summed E-state index contributed by atoms with van der Waals surface area (Å²) in [5, 5.41) is 5.90. The van der Waals surface area contributed by atoms with Gasteiger partial charge in [-0.15, -0.1) is 0 Å². The van der Waals surface area contributed by atoms with E-state index in [0.29, 0.717) is 77.8 Å². The van der Waals surface area contributed by atoms with Crippen molar-refractivity contribution in [2.45, 2.75) is 77.0 Å². The fourth-order valence-corrected chi connectivity index (χ4v) is 16.8. The lowest BCUT2D eigenvalue weighted by Crippen LogP contribution is -2.30. The first kappa shape index (κ1) is 88.5. The zero-order valence-corrected chi connectivity index (χ0v) is 72.1. The smallest absolute Gasteiger partial charge is 0.281 e. The molecule has 0 atom stereocenters. The lowest BCUT2D eigenvalue weighted by Gasteiger charge is -2.16. The Kier molecular flexibility index (Phi) is 29.0. The number of aryl methyl sites for hydroxylation is 6. The molecule has 0 unspecified atom stereocenters. The summed E-state index contributed by atoms with van der Waals surface area (Å²) in [6.45, 7) is 1.93. The minimum atomic E-state index is -3.66. The average Bonchev–Trinajstić information content (AvgIpc) is 1.66. The number of sulfonamides is 4. The van der Waals surface area contributed by atoms with Crippen LogP contribution in [0.5, 0.6) is 23.0 Å². The van der Waals surface area contributed by atoms with Gasteiger partial charge in [0.1, 0.15) is 45.8 Å². The Bertz CT molecular complexity index is 6810. The number of hydrogen-bond acceptors (Lipinski definition) is 16. The average molecular weight is 1750 g/mol. The number of benzene rings is 11. The molecule has 0 spiro atoms. The molecule has 0 saturated carbocycles. The molecule has 0 fully saturated rings. The first-order chi connectivity index (χ1) is 59.6. The van der Waals surface area contributed by atoms with Crippen LogP contribution in [-0.4, -0.2) is 129 Å². The van der Waals surface area contributed by atoms with E-state index in [2.05, 4.69) is 67.1 Å². The fraction of sp³-hybridized carbons (Fsp3) is 0.208. The van der Waals surface area contributed by atoms with Crippen LogP contribution >= 0.6 is 0 Å².